The van der Waals surface area contributed by atoms with Gasteiger partial charge in [-0.2, -0.15) is 5.26 Å². The van der Waals surface area contributed by atoms with Crippen LogP contribution in [0.2, 0.25) is 0 Å². The molecule has 0 amide bonds. The van der Waals surface area contributed by atoms with Gasteiger partial charge in [-0.3, -0.25) is 5.32 Å². The van der Waals surface area contributed by atoms with Crippen molar-refractivity contribution in [2.45, 2.75) is 19.4 Å². The van der Waals surface area contributed by atoms with Gasteiger partial charge in [0.1, 0.15) is 11.3 Å². The van der Waals surface area contributed by atoms with Crippen LogP contribution < -0.4 is 15.0 Å². The molecule has 1 rings (SSSR count). The zero-order valence-electron chi connectivity index (χ0n) is 11.5. The van der Waals surface area contributed by atoms with Gasteiger partial charge in [0, 0.05) is 25.3 Å². The lowest BCUT2D eigenvalue weighted by molar-refractivity contribution is 0.414. The van der Waals surface area contributed by atoms with Crippen molar-refractivity contribution in [1.29, 1.82) is 5.26 Å². The fourth-order valence-corrected chi connectivity index (χ4v) is 1.93. The molecule has 0 aliphatic rings. The minimum atomic E-state index is -0.549. The number of anilines is 1. The van der Waals surface area contributed by atoms with Crippen LogP contribution in [0.4, 0.5) is 5.69 Å². The van der Waals surface area contributed by atoms with Gasteiger partial charge in [0.15, 0.2) is 0 Å². The summed E-state index contributed by atoms with van der Waals surface area (Å²) < 4.78 is 5.20. The normalized spacial score (nSPS) is 13.5. The van der Waals surface area contributed by atoms with Crippen molar-refractivity contribution in [3.8, 4) is 11.8 Å². The molecule has 0 bridgehead atoms. The maximum atomic E-state index is 9.25. The zero-order chi connectivity index (χ0) is 13.6. The molecule has 1 unspecified atom stereocenters. The summed E-state index contributed by atoms with van der Waals surface area (Å²) >= 11 is 0. The first-order valence-corrected chi connectivity index (χ1v) is 6.06. The molecular formula is C14H21N3O. The Bertz CT molecular complexity index is 427. The topological polar surface area (TPSA) is 48.3 Å². The van der Waals surface area contributed by atoms with Gasteiger partial charge in [-0.1, -0.05) is 13.0 Å². The van der Waals surface area contributed by atoms with Crippen LogP contribution >= 0.6 is 0 Å². The molecule has 0 saturated heterocycles. The number of methoxy groups -OCH3 is 1. The highest BCUT2D eigenvalue weighted by Crippen LogP contribution is 2.21. The first kappa shape index (κ1) is 14.3. The van der Waals surface area contributed by atoms with Crippen LogP contribution in [0, 0.1) is 11.3 Å². The fraction of sp³-hybridized carbons (Fsp3) is 0.500. The van der Waals surface area contributed by atoms with Crippen molar-refractivity contribution in [3.05, 3.63) is 24.3 Å². The molecule has 0 saturated carbocycles. The minimum Gasteiger partial charge on any atom is -0.497 e. The molecule has 4 nitrogen and oxygen atoms in total. The third-order valence-electron chi connectivity index (χ3n) is 2.86. The molecule has 0 fully saturated rings. The summed E-state index contributed by atoms with van der Waals surface area (Å²) in [5.74, 6) is 0.821. The third-order valence-corrected chi connectivity index (χ3v) is 2.86. The third kappa shape index (κ3) is 3.64. The van der Waals surface area contributed by atoms with E-state index in [1.165, 1.54) is 0 Å². The lowest BCUT2D eigenvalue weighted by Gasteiger charge is -2.30. The highest BCUT2D eigenvalue weighted by molar-refractivity contribution is 5.50. The number of hydrogen-bond donors (Lipinski definition) is 1. The lowest BCUT2D eigenvalue weighted by atomic mass is 10.0. The molecule has 1 aromatic carbocycles. The van der Waals surface area contributed by atoms with Gasteiger partial charge in [0.25, 0.3) is 0 Å². The predicted molar refractivity (Wildman–Crippen MR) is 74.0 cm³/mol. The van der Waals surface area contributed by atoms with Gasteiger partial charge in [-0.05, 0) is 25.6 Å². The van der Waals surface area contributed by atoms with Crippen LogP contribution in [0.1, 0.15) is 13.8 Å². The molecule has 0 aromatic heterocycles. The van der Waals surface area contributed by atoms with E-state index in [1.807, 2.05) is 45.2 Å². The summed E-state index contributed by atoms with van der Waals surface area (Å²) in [6.45, 7) is 5.30. The maximum absolute atomic E-state index is 9.25. The second kappa shape index (κ2) is 6.27. The minimum absolute atomic E-state index is 0.549. The molecule has 1 aromatic rings. The number of rotatable bonds is 6. The van der Waals surface area contributed by atoms with Gasteiger partial charge in [-0.15, -0.1) is 0 Å². The molecule has 18 heavy (non-hydrogen) atoms. The smallest absolute Gasteiger partial charge is 0.121 e. The van der Waals surface area contributed by atoms with Crippen LogP contribution in [-0.4, -0.2) is 32.8 Å². The van der Waals surface area contributed by atoms with E-state index in [-0.39, 0.29) is 0 Å². The first-order valence-electron chi connectivity index (χ1n) is 6.06. The Hall–Kier alpha value is -1.73. The van der Waals surface area contributed by atoms with E-state index in [1.54, 1.807) is 7.11 Å². The van der Waals surface area contributed by atoms with E-state index in [2.05, 4.69) is 16.3 Å². The van der Waals surface area contributed by atoms with Crippen molar-refractivity contribution >= 4 is 5.69 Å². The highest BCUT2D eigenvalue weighted by atomic mass is 16.5. The first-order chi connectivity index (χ1) is 8.54. The summed E-state index contributed by atoms with van der Waals surface area (Å²) in [4.78, 5) is 2.05. The molecule has 0 spiro atoms. The van der Waals surface area contributed by atoms with Crippen molar-refractivity contribution in [2.24, 2.45) is 0 Å². The second-order valence-corrected chi connectivity index (χ2v) is 4.53. The summed E-state index contributed by atoms with van der Waals surface area (Å²) in [6.07, 6.45) is 0. The maximum Gasteiger partial charge on any atom is 0.121 e. The molecule has 1 atom stereocenters. The Morgan fingerprint density at radius 2 is 2.22 bits per heavy atom. The van der Waals surface area contributed by atoms with Crippen LogP contribution in [-0.2, 0) is 0 Å². The summed E-state index contributed by atoms with van der Waals surface area (Å²) in [5.41, 5.74) is 0.487. The number of nitrogens with one attached hydrogen (secondary N) is 1. The fourth-order valence-electron chi connectivity index (χ4n) is 1.93. The van der Waals surface area contributed by atoms with Crippen LogP contribution in [0.15, 0.2) is 24.3 Å². The van der Waals surface area contributed by atoms with Crippen LogP contribution in [0.5, 0.6) is 5.75 Å². The standard InChI is InChI=1S/C14H21N3O/c1-5-16-14(2,10-15)11-17(3)12-7-6-8-13(9-12)18-4/h6-9,16H,5,11H2,1-4H3. The van der Waals surface area contributed by atoms with Crippen molar-refractivity contribution in [1.82, 2.24) is 5.32 Å². The number of nitriles is 1. The number of ether oxygens (including phenoxy) is 1. The van der Waals surface area contributed by atoms with Gasteiger partial charge >= 0.3 is 0 Å². The second-order valence-electron chi connectivity index (χ2n) is 4.53. The summed E-state index contributed by atoms with van der Waals surface area (Å²) in [6, 6.07) is 10.1. The van der Waals surface area contributed by atoms with Gasteiger partial charge in [-0.25, -0.2) is 0 Å². The summed E-state index contributed by atoms with van der Waals surface area (Å²) in [5, 5.41) is 12.5. The molecule has 0 radical (unpaired) electrons. The van der Waals surface area contributed by atoms with Crippen molar-refractivity contribution in [2.75, 3.05) is 32.1 Å². The van der Waals surface area contributed by atoms with Crippen molar-refractivity contribution in [3.63, 3.8) is 0 Å². The zero-order valence-corrected chi connectivity index (χ0v) is 11.5. The molecule has 1 N–H and O–H groups in total. The Morgan fingerprint density at radius 3 is 2.78 bits per heavy atom. The van der Waals surface area contributed by atoms with Crippen LogP contribution in [0.25, 0.3) is 0 Å². The lowest BCUT2D eigenvalue weighted by Crippen LogP contribution is -2.49. The molecule has 0 aliphatic heterocycles. The van der Waals surface area contributed by atoms with E-state index in [0.717, 1.165) is 18.0 Å². The molecule has 4 heteroatoms. The highest BCUT2D eigenvalue weighted by Gasteiger charge is 2.24. The Labute approximate surface area is 109 Å². The molecule has 0 aliphatic carbocycles. The Morgan fingerprint density at radius 1 is 1.50 bits per heavy atom. The van der Waals surface area contributed by atoms with E-state index in [0.29, 0.717) is 6.54 Å². The van der Waals surface area contributed by atoms with Crippen LogP contribution in [0.3, 0.4) is 0 Å². The molecule has 98 valence electrons. The average Bonchev–Trinajstić information content (AvgIpc) is 2.39. The van der Waals surface area contributed by atoms with E-state index >= 15 is 0 Å². The summed E-state index contributed by atoms with van der Waals surface area (Å²) in [7, 11) is 3.62. The number of nitrogens with zero attached hydrogens (tertiary/aromatic N) is 2. The molecule has 0 heterocycles. The Kier molecular flexibility index (Phi) is 4.99. The molecular weight excluding hydrogens is 226 g/mol. The number of likely N-dealkylation sites (N-methyl/N-ethyl adjacent to an activating group) is 2. The van der Waals surface area contributed by atoms with E-state index < -0.39 is 5.54 Å². The van der Waals surface area contributed by atoms with Gasteiger partial charge < -0.3 is 9.64 Å². The monoisotopic (exact) mass is 247 g/mol. The Balaban J connectivity index is 2.81. The van der Waals surface area contributed by atoms with E-state index in [4.69, 9.17) is 4.74 Å². The number of benzene rings is 1. The SMILES string of the molecule is CCNC(C)(C#N)CN(C)c1cccc(OC)c1. The predicted octanol–water partition coefficient (Wildman–Crippen LogP) is 2.02. The van der Waals surface area contributed by atoms with E-state index in [9.17, 15) is 5.26 Å². The largest absolute Gasteiger partial charge is 0.497 e. The van der Waals surface area contributed by atoms with Gasteiger partial charge in [0.2, 0.25) is 0 Å². The number of hydrogen-bond acceptors (Lipinski definition) is 4. The van der Waals surface area contributed by atoms with Gasteiger partial charge in [0.05, 0.1) is 13.2 Å². The van der Waals surface area contributed by atoms with Crippen molar-refractivity contribution < 1.29 is 4.74 Å². The quantitative estimate of drug-likeness (QED) is 0.835. The average molecular weight is 247 g/mol.